The van der Waals surface area contributed by atoms with Gasteiger partial charge in [0.2, 0.25) is 0 Å². The van der Waals surface area contributed by atoms with Crippen molar-refractivity contribution in [2.24, 2.45) is 5.92 Å². The molecule has 0 aromatic carbocycles. The molecule has 3 nitrogen and oxygen atoms in total. The zero-order valence-electron chi connectivity index (χ0n) is 7.88. The van der Waals surface area contributed by atoms with Crippen LogP contribution in [-0.4, -0.2) is 30.7 Å². The zero-order valence-corrected chi connectivity index (χ0v) is 7.88. The molecule has 1 aliphatic heterocycles. The molecule has 12 heavy (non-hydrogen) atoms. The molecule has 0 unspecified atom stereocenters. The van der Waals surface area contributed by atoms with E-state index >= 15 is 0 Å². The Labute approximate surface area is 73.7 Å². The Balaban J connectivity index is 2.21. The molecule has 72 valence electrons. The highest BCUT2D eigenvalue weighted by atomic mass is 16.7. The second-order valence-electron chi connectivity index (χ2n) is 3.66. The van der Waals surface area contributed by atoms with Crippen molar-refractivity contribution >= 4 is 0 Å². The van der Waals surface area contributed by atoms with Gasteiger partial charge in [-0.15, -0.1) is 0 Å². The molecule has 0 spiro atoms. The number of hydrogen-bond acceptors (Lipinski definition) is 3. The van der Waals surface area contributed by atoms with Gasteiger partial charge in [0.1, 0.15) is 0 Å². The Kier molecular flexibility index (Phi) is 3.50. The minimum absolute atomic E-state index is 0.246. The van der Waals surface area contributed by atoms with Crippen molar-refractivity contribution in [3.8, 4) is 0 Å². The van der Waals surface area contributed by atoms with Crippen LogP contribution in [0.5, 0.6) is 0 Å². The molecule has 1 N–H and O–H groups in total. The summed E-state index contributed by atoms with van der Waals surface area (Å²) in [5.41, 5.74) is 0. The molecular weight excluding hydrogens is 156 g/mol. The van der Waals surface area contributed by atoms with E-state index in [-0.39, 0.29) is 12.4 Å². The van der Waals surface area contributed by atoms with Crippen LogP contribution < -0.4 is 0 Å². The molecule has 0 bridgehead atoms. The smallest absolute Gasteiger partial charge is 0.165 e. The van der Waals surface area contributed by atoms with E-state index in [9.17, 15) is 0 Å². The number of aliphatic hydroxyl groups is 1. The first-order valence-electron chi connectivity index (χ1n) is 4.55. The summed E-state index contributed by atoms with van der Waals surface area (Å²) < 4.78 is 10.9. The first-order chi connectivity index (χ1) is 5.66. The molecule has 1 fully saturated rings. The highest BCUT2D eigenvalue weighted by Crippen LogP contribution is 2.25. The van der Waals surface area contributed by atoms with Gasteiger partial charge in [-0.05, 0) is 19.3 Å². The molecule has 1 heterocycles. The van der Waals surface area contributed by atoms with E-state index in [1.807, 2.05) is 13.8 Å². The summed E-state index contributed by atoms with van der Waals surface area (Å²) in [6, 6.07) is 0. The Morgan fingerprint density at radius 1 is 1.42 bits per heavy atom. The lowest BCUT2D eigenvalue weighted by atomic mass is 10.0. The third kappa shape index (κ3) is 2.73. The Morgan fingerprint density at radius 3 is 2.50 bits per heavy atom. The molecule has 0 radical (unpaired) electrons. The molecule has 1 rings (SSSR count). The van der Waals surface area contributed by atoms with Crippen LogP contribution in [0.1, 0.15) is 26.7 Å². The average molecular weight is 174 g/mol. The van der Waals surface area contributed by atoms with E-state index in [1.165, 1.54) is 0 Å². The second-order valence-corrected chi connectivity index (χ2v) is 3.66. The van der Waals surface area contributed by atoms with E-state index in [0.717, 1.165) is 12.8 Å². The first kappa shape index (κ1) is 9.96. The van der Waals surface area contributed by atoms with Gasteiger partial charge in [0.05, 0.1) is 13.2 Å². The molecule has 1 aliphatic rings. The normalized spacial score (nSPS) is 24.2. The topological polar surface area (TPSA) is 38.7 Å². The monoisotopic (exact) mass is 174 g/mol. The van der Waals surface area contributed by atoms with Gasteiger partial charge in [0.15, 0.2) is 5.79 Å². The van der Waals surface area contributed by atoms with Crippen LogP contribution in [0.3, 0.4) is 0 Å². The summed E-state index contributed by atoms with van der Waals surface area (Å²) >= 11 is 0. The predicted molar refractivity (Wildman–Crippen MR) is 45.8 cm³/mol. The van der Waals surface area contributed by atoms with Gasteiger partial charge in [-0.3, -0.25) is 0 Å². The van der Waals surface area contributed by atoms with Crippen molar-refractivity contribution in [2.45, 2.75) is 32.5 Å². The quantitative estimate of drug-likeness (QED) is 0.695. The highest BCUT2D eigenvalue weighted by Gasteiger charge is 2.30. The maximum absolute atomic E-state index is 8.81. The Hall–Kier alpha value is -0.120. The Morgan fingerprint density at radius 2 is 2.00 bits per heavy atom. The van der Waals surface area contributed by atoms with Crippen LogP contribution in [-0.2, 0) is 9.47 Å². The largest absolute Gasteiger partial charge is 0.396 e. The van der Waals surface area contributed by atoms with Crippen LogP contribution in [0.15, 0.2) is 0 Å². The van der Waals surface area contributed by atoms with Crippen molar-refractivity contribution < 1.29 is 14.6 Å². The van der Waals surface area contributed by atoms with E-state index < -0.39 is 0 Å². The fourth-order valence-corrected chi connectivity index (χ4v) is 1.30. The van der Waals surface area contributed by atoms with Gasteiger partial charge in [-0.25, -0.2) is 0 Å². The van der Waals surface area contributed by atoms with E-state index in [0.29, 0.717) is 19.1 Å². The van der Waals surface area contributed by atoms with Gasteiger partial charge in [-0.1, -0.05) is 6.92 Å². The third-order valence-corrected chi connectivity index (χ3v) is 2.30. The molecule has 1 saturated heterocycles. The van der Waals surface area contributed by atoms with Crippen molar-refractivity contribution in [1.29, 1.82) is 0 Å². The van der Waals surface area contributed by atoms with Crippen molar-refractivity contribution in [3.63, 3.8) is 0 Å². The van der Waals surface area contributed by atoms with Crippen LogP contribution in [0.25, 0.3) is 0 Å². The molecular formula is C9H18O3. The summed E-state index contributed by atoms with van der Waals surface area (Å²) in [6.07, 6.45) is 1.82. The van der Waals surface area contributed by atoms with Crippen LogP contribution in [0, 0.1) is 5.92 Å². The fourth-order valence-electron chi connectivity index (χ4n) is 1.30. The van der Waals surface area contributed by atoms with Crippen molar-refractivity contribution in [3.05, 3.63) is 0 Å². The van der Waals surface area contributed by atoms with Gasteiger partial charge >= 0.3 is 0 Å². The first-order valence-corrected chi connectivity index (χ1v) is 4.55. The standard InChI is InChI=1S/C9H18O3/c1-8(7-10)3-4-9(2)11-5-6-12-9/h8,10H,3-7H2,1-2H3/t8-/m1/s1. The second kappa shape index (κ2) is 4.21. The fraction of sp³-hybridized carbons (Fsp3) is 1.00. The summed E-state index contributed by atoms with van der Waals surface area (Å²) in [6.45, 7) is 5.63. The number of aliphatic hydroxyl groups excluding tert-OH is 1. The van der Waals surface area contributed by atoms with Crippen molar-refractivity contribution in [2.75, 3.05) is 19.8 Å². The third-order valence-electron chi connectivity index (χ3n) is 2.30. The van der Waals surface area contributed by atoms with Crippen LogP contribution in [0.2, 0.25) is 0 Å². The minimum atomic E-state index is -0.385. The lowest BCUT2D eigenvalue weighted by Gasteiger charge is -2.23. The lowest BCUT2D eigenvalue weighted by Crippen LogP contribution is -2.26. The van der Waals surface area contributed by atoms with Gasteiger partial charge in [0, 0.05) is 13.0 Å². The molecule has 0 aromatic rings. The maximum Gasteiger partial charge on any atom is 0.165 e. The average Bonchev–Trinajstić information content (AvgIpc) is 2.49. The van der Waals surface area contributed by atoms with E-state index in [4.69, 9.17) is 14.6 Å². The summed E-state index contributed by atoms with van der Waals surface area (Å²) in [7, 11) is 0. The van der Waals surface area contributed by atoms with Crippen LogP contribution >= 0.6 is 0 Å². The Bertz CT molecular complexity index is 130. The highest BCUT2D eigenvalue weighted by molar-refractivity contribution is 4.69. The van der Waals surface area contributed by atoms with Gasteiger partial charge in [-0.2, -0.15) is 0 Å². The van der Waals surface area contributed by atoms with Gasteiger partial charge < -0.3 is 14.6 Å². The summed E-state index contributed by atoms with van der Waals surface area (Å²) in [5, 5.41) is 8.81. The van der Waals surface area contributed by atoms with Crippen molar-refractivity contribution in [1.82, 2.24) is 0 Å². The van der Waals surface area contributed by atoms with Gasteiger partial charge in [0.25, 0.3) is 0 Å². The molecule has 0 amide bonds. The molecule has 3 heteroatoms. The summed E-state index contributed by atoms with van der Waals surface area (Å²) in [4.78, 5) is 0. The van der Waals surface area contributed by atoms with Crippen LogP contribution in [0.4, 0.5) is 0 Å². The molecule has 0 saturated carbocycles. The zero-order chi connectivity index (χ0) is 9.03. The molecule has 1 atom stereocenters. The molecule has 0 aliphatic carbocycles. The van der Waals surface area contributed by atoms with E-state index in [1.54, 1.807) is 0 Å². The van der Waals surface area contributed by atoms with E-state index in [2.05, 4.69) is 0 Å². The predicted octanol–water partition coefficient (Wildman–Crippen LogP) is 1.16. The maximum atomic E-state index is 8.81. The number of rotatable bonds is 4. The minimum Gasteiger partial charge on any atom is -0.396 e. The molecule has 0 aromatic heterocycles. The summed E-state index contributed by atoms with van der Waals surface area (Å²) in [5.74, 6) is -0.0432. The SMILES string of the molecule is C[C@@H](CO)CCC1(C)OCCO1. The number of ether oxygens (including phenoxy) is 2. The number of hydrogen-bond donors (Lipinski definition) is 1. The lowest BCUT2D eigenvalue weighted by molar-refractivity contribution is -0.149.